The Bertz CT molecular complexity index is 880. The lowest BCUT2D eigenvalue weighted by molar-refractivity contribution is -0.150. The van der Waals surface area contributed by atoms with Gasteiger partial charge in [-0.25, -0.2) is 4.79 Å². The topological polar surface area (TPSA) is 101 Å². The smallest absolute Gasteiger partial charge is 0.326 e. The highest BCUT2D eigenvalue weighted by Crippen LogP contribution is 2.20. The van der Waals surface area contributed by atoms with Crippen molar-refractivity contribution in [2.24, 2.45) is 0 Å². The first-order valence-electron chi connectivity index (χ1n) is 8.68. The molecule has 1 N–H and O–H groups in total. The molecule has 2 aromatic rings. The normalized spacial score (nSPS) is 17.4. The lowest BCUT2D eigenvalue weighted by atomic mass is 10.0. The first-order valence-corrected chi connectivity index (χ1v) is 9.06. The Morgan fingerprint density at radius 2 is 2.19 bits per heavy atom. The minimum absolute atomic E-state index is 0.308. The molecule has 9 heteroatoms. The number of aliphatic carboxylic acids is 1. The van der Waals surface area contributed by atoms with Crippen molar-refractivity contribution < 1.29 is 14.7 Å². The van der Waals surface area contributed by atoms with Gasteiger partial charge in [0, 0.05) is 17.6 Å². The molecule has 1 fully saturated rings. The van der Waals surface area contributed by atoms with Gasteiger partial charge < -0.3 is 10.0 Å². The second-order valence-electron chi connectivity index (χ2n) is 6.42. The largest absolute Gasteiger partial charge is 0.480 e. The summed E-state index contributed by atoms with van der Waals surface area (Å²) in [5.74, 6) is -0.705. The Kier molecular flexibility index (Phi) is 5.85. The minimum atomic E-state index is -0.962. The number of nitrogens with zero attached hydrogens (tertiary/aromatic N) is 5. The van der Waals surface area contributed by atoms with Crippen LogP contribution in [0.5, 0.6) is 0 Å². The van der Waals surface area contributed by atoms with E-state index in [1.54, 1.807) is 31.2 Å². The summed E-state index contributed by atoms with van der Waals surface area (Å²) >= 11 is 6.10. The molecule has 1 saturated heterocycles. The number of aryl methyl sites for hydroxylation is 1. The van der Waals surface area contributed by atoms with Crippen LogP contribution in [0.1, 0.15) is 36.2 Å². The molecule has 2 heterocycles. The highest BCUT2D eigenvalue weighted by atomic mass is 35.5. The zero-order valence-electron chi connectivity index (χ0n) is 14.9. The van der Waals surface area contributed by atoms with E-state index in [-0.39, 0.29) is 5.91 Å². The molecule has 1 aliphatic rings. The molecule has 3 rings (SSSR count). The Morgan fingerprint density at radius 1 is 1.37 bits per heavy atom. The van der Waals surface area contributed by atoms with Crippen LogP contribution in [0.15, 0.2) is 24.3 Å². The molecule has 1 aliphatic heterocycles. The lowest BCUT2D eigenvalue weighted by Crippen LogP contribution is -2.47. The lowest BCUT2D eigenvalue weighted by Gasteiger charge is -2.32. The van der Waals surface area contributed by atoms with Crippen LogP contribution in [0, 0.1) is 6.92 Å². The van der Waals surface area contributed by atoms with E-state index in [1.165, 1.54) is 15.8 Å². The average molecular weight is 390 g/mol. The van der Waals surface area contributed by atoms with Crippen molar-refractivity contribution in [1.82, 2.24) is 25.1 Å². The van der Waals surface area contributed by atoms with E-state index in [0.717, 1.165) is 24.0 Å². The van der Waals surface area contributed by atoms with Gasteiger partial charge in [0.15, 0.2) is 5.82 Å². The highest BCUT2D eigenvalue weighted by molar-refractivity contribution is 6.30. The number of amides is 1. The van der Waals surface area contributed by atoms with Gasteiger partial charge in [-0.2, -0.15) is 4.80 Å². The molecule has 142 valence electrons. The van der Waals surface area contributed by atoms with Crippen molar-refractivity contribution in [1.29, 1.82) is 0 Å². The minimum Gasteiger partial charge on any atom is -0.480 e. The van der Waals surface area contributed by atoms with E-state index < -0.39 is 12.0 Å². The summed E-state index contributed by atoms with van der Waals surface area (Å²) in [6, 6.07) is 4.56. The van der Waals surface area contributed by atoms with Crippen molar-refractivity contribution in [3.8, 4) is 0 Å². The Balaban J connectivity index is 1.79. The summed E-state index contributed by atoms with van der Waals surface area (Å²) in [7, 11) is 0. The molecule has 1 atom stereocenters. The van der Waals surface area contributed by atoms with Gasteiger partial charge in [0.2, 0.25) is 5.91 Å². The van der Waals surface area contributed by atoms with Crippen molar-refractivity contribution in [3.05, 3.63) is 46.2 Å². The number of carboxylic acids is 1. The molecule has 27 heavy (non-hydrogen) atoms. The number of aromatic nitrogens is 4. The molecule has 8 nitrogen and oxygen atoms in total. The molecular weight excluding hydrogens is 370 g/mol. The van der Waals surface area contributed by atoms with Gasteiger partial charge in [0.25, 0.3) is 0 Å². The van der Waals surface area contributed by atoms with Gasteiger partial charge in [0.1, 0.15) is 6.04 Å². The number of benzene rings is 1. The number of carboxylic acid groups (broad SMARTS) is 1. The van der Waals surface area contributed by atoms with Crippen LogP contribution in [-0.2, 0) is 16.1 Å². The van der Waals surface area contributed by atoms with Crippen LogP contribution in [-0.4, -0.2) is 54.7 Å². The number of carbonyl (C=O) groups is 2. The number of piperidine rings is 1. The quantitative estimate of drug-likeness (QED) is 0.786. The summed E-state index contributed by atoms with van der Waals surface area (Å²) in [6.45, 7) is 2.56. The maximum absolute atomic E-state index is 12.5. The first-order chi connectivity index (χ1) is 12.9. The van der Waals surface area contributed by atoms with E-state index in [4.69, 9.17) is 11.6 Å². The first kappa shape index (κ1) is 19.0. The summed E-state index contributed by atoms with van der Waals surface area (Å²) in [4.78, 5) is 26.8. The van der Waals surface area contributed by atoms with E-state index in [1.807, 2.05) is 0 Å². The van der Waals surface area contributed by atoms with Gasteiger partial charge in [-0.3, -0.25) is 4.79 Å². The van der Waals surface area contributed by atoms with Crippen LogP contribution >= 0.6 is 11.6 Å². The Labute approximate surface area is 161 Å². The van der Waals surface area contributed by atoms with Crippen molar-refractivity contribution in [3.63, 3.8) is 0 Å². The van der Waals surface area contributed by atoms with E-state index >= 15 is 0 Å². The van der Waals surface area contributed by atoms with E-state index in [9.17, 15) is 14.7 Å². The third kappa shape index (κ3) is 4.71. The van der Waals surface area contributed by atoms with Crippen molar-refractivity contribution >= 4 is 29.6 Å². The predicted octanol–water partition coefficient (Wildman–Crippen LogP) is 2.16. The van der Waals surface area contributed by atoms with Crippen LogP contribution in [0.25, 0.3) is 6.08 Å². The highest BCUT2D eigenvalue weighted by Gasteiger charge is 2.30. The van der Waals surface area contributed by atoms with Crippen LogP contribution in [0.4, 0.5) is 0 Å². The number of tetrazole rings is 1. The molecule has 0 bridgehead atoms. The number of halogens is 1. The summed E-state index contributed by atoms with van der Waals surface area (Å²) in [5, 5.41) is 21.8. The maximum Gasteiger partial charge on any atom is 0.326 e. The molecule has 0 spiro atoms. The van der Waals surface area contributed by atoms with Crippen LogP contribution < -0.4 is 0 Å². The van der Waals surface area contributed by atoms with E-state index in [0.29, 0.717) is 30.4 Å². The molecule has 0 aliphatic carbocycles. The molecule has 1 aromatic heterocycles. The molecule has 1 aromatic carbocycles. The van der Waals surface area contributed by atoms with Crippen LogP contribution in [0.2, 0.25) is 5.02 Å². The fourth-order valence-corrected chi connectivity index (χ4v) is 3.32. The number of rotatable bonds is 5. The molecule has 0 saturated carbocycles. The standard InChI is InChI=1S/C18H20ClN5O3/c1-12-20-22-24(21-12)11-14-10-15(19)7-5-13(14)6-8-17(25)23-9-3-2-4-16(23)18(26)27/h5-8,10,16H,2-4,9,11H2,1H3,(H,26,27)/b8-6+. The average Bonchev–Trinajstić information content (AvgIpc) is 3.05. The fraction of sp³-hybridized carbons (Fsp3) is 0.389. The van der Waals surface area contributed by atoms with Gasteiger partial charge in [-0.1, -0.05) is 17.7 Å². The molecule has 1 amide bonds. The summed E-state index contributed by atoms with van der Waals surface area (Å²) in [5.41, 5.74) is 1.61. The monoisotopic (exact) mass is 389 g/mol. The Hall–Kier alpha value is -2.74. The molecule has 1 unspecified atom stereocenters. The SMILES string of the molecule is Cc1nnn(Cc2cc(Cl)ccc2/C=C/C(=O)N2CCCCC2C(=O)O)n1. The summed E-state index contributed by atoms with van der Waals surface area (Å²) < 4.78 is 0. The van der Waals surface area contributed by atoms with Gasteiger partial charge in [-0.05, 0) is 60.7 Å². The summed E-state index contributed by atoms with van der Waals surface area (Å²) in [6.07, 6.45) is 5.20. The predicted molar refractivity (Wildman–Crippen MR) is 99.1 cm³/mol. The van der Waals surface area contributed by atoms with Crippen molar-refractivity contribution in [2.75, 3.05) is 6.54 Å². The maximum atomic E-state index is 12.5. The van der Waals surface area contributed by atoms with E-state index in [2.05, 4.69) is 15.4 Å². The second-order valence-corrected chi connectivity index (χ2v) is 6.86. The molecular formula is C18H20ClN5O3. The van der Waals surface area contributed by atoms with Gasteiger partial charge in [0.05, 0.1) is 6.54 Å². The van der Waals surface area contributed by atoms with Gasteiger partial charge in [-0.15, -0.1) is 10.2 Å². The van der Waals surface area contributed by atoms with Crippen molar-refractivity contribution in [2.45, 2.75) is 38.8 Å². The number of hydrogen-bond acceptors (Lipinski definition) is 5. The number of likely N-dealkylation sites (tertiary alicyclic amines) is 1. The zero-order valence-corrected chi connectivity index (χ0v) is 15.6. The third-order valence-corrected chi connectivity index (χ3v) is 4.68. The second kappa shape index (κ2) is 8.30. The number of carbonyl (C=O) groups excluding carboxylic acids is 1. The third-order valence-electron chi connectivity index (χ3n) is 4.45. The fourth-order valence-electron chi connectivity index (χ4n) is 3.13. The van der Waals surface area contributed by atoms with Crippen LogP contribution in [0.3, 0.4) is 0 Å². The zero-order chi connectivity index (χ0) is 19.4. The Morgan fingerprint density at radius 3 is 2.89 bits per heavy atom. The number of hydrogen-bond donors (Lipinski definition) is 1. The molecule has 0 radical (unpaired) electrons. The van der Waals surface area contributed by atoms with Gasteiger partial charge >= 0.3 is 5.97 Å².